The maximum Gasteiger partial charge on any atom is 0.0534 e. The summed E-state index contributed by atoms with van der Waals surface area (Å²) in [7, 11) is 0. The Bertz CT molecular complexity index is 599. The zero-order chi connectivity index (χ0) is 18.1. The maximum atomic E-state index is 5.10. The van der Waals surface area contributed by atoms with E-state index in [1.165, 1.54) is 25.7 Å². The summed E-state index contributed by atoms with van der Waals surface area (Å²) in [4.78, 5) is 10.1. The molecule has 2 nitrogen and oxygen atoms in total. The topological polar surface area (TPSA) is 24.7 Å². The Morgan fingerprint density at radius 2 is 1.28 bits per heavy atom. The molecule has 6 aliphatic carbocycles. The standard InChI is InChI=1S/C23H38N2/c1-13(25-21-11-17-9-19(15(21)3)23(17,6)7)12-24-20-10-16-8-18(14(20)2)22(16,4)5/h12,14-21H,8-11H2,1-7H3. The van der Waals surface area contributed by atoms with Crippen LogP contribution >= 0.6 is 0 Å². The minimum atomic E-state index is 0.526. The molecule has 6 rings (SSSR count). The minimum Gasteiger partial charge on any atom is -0.288 e. The van der Waals surface area contributed by atoms with Crippen molar-refractivity contribution in [1.29, 1.82) is 0 Å². The normalized spacial score (nSPS) is 50.3. The van der Waals surface area contributed by atoms with Crippen LogP contribution in [-0.4, -0.2) is 24.0 Å². The van der Waals surface area contributed by atoms with Gasteiger partial charge in [-0.25, -0.2) is 0 Å². The van der Waals surface area contributed by atoms with E-state index in [0.717, 1.165) is 41.2 Å². The summed E-state index contributed by atoms with van der Waals surface area (Å²) in [5, 5.41) is 0. The third-order valence-electron chi connectivity index (χ3n) is 9.45. The van der Waals surface area contributed by atoms with Crippen LogP contribution in [0.3, 0.4) is 0 Å². The monoisotopic (exact) mass is 342 g/mol. The van der Waals surface area contributed by atoms with Crippen LogP contribution in [0.5, 0.6) is 0 Å². The van der Waals surface area contributed by atoms with Crippen LogP contribution in [0.4, 0.5) is 0 Å². The van der Waals surface area contributed by atoms with Crippen LogP contribution < -0.4 is 0 Å². The molecule has 0 saturated heterocycles. The van der Waals surface area contributed by atoms with Crippen LogP contribution in [0.1, 0.15) is 74.1 Å². The molecule has 0 aromatic carbocycles. The van der Waals surface area contributed by atoms with Gasteiger partial charge in [-0.1, -0.05) is 41.5 Å². The number of nitrogens with zero attached hydrogens (tertiary/aromatic N) is 2. The van der Waals surface area contributed by atoms with Crippen molar-refractivity contribution in [2.45, 2.75) is 86.2 Å². The smallest absolute Gasteiger partial charge is 0.0534 e. The molecule has 0 spiro atoms. The first-order valence-corrected chi connectivity index (χ1v) is 10.7. The zero-order valence-corrected chi connectivity index (χ0v) is 17.4. The molecule has 0 N–H and O–H groups in total. The SMILES string of the molecule is CC(C=NC1CC2CC(C1C)C2(C)C)=NC1CC2CC(C1C)C2(C)C. The van der Waals surface area contributed by atoms with E-state index in [0.29, 0.717) is 22.9 Å². The number of fused-ring (bicyclic) bond motifs is 4. The summed E-state index contributed by atoms with van der Waals surface area (Å²) in [5.74, 6) is 4.98. The average Bonchev–Trinajstić information content (AvgIpc) is 2.54. The molecule has 0 heterocycles. The summed E-state index contributed by atoms with van der Waals surface area (Å²) in [5.41, 5.74) is 2.26. The Balaban J connectivity index is 1.39. The van der Waals surface area contributed by atoms with Crippen LogP contribution in [0, 0.1) is 46.3 Å². The fraction of sp³-hybridized carbons (Fsp3) is 0.913. The van der Waals surface area contributed by atoms with Crippen LogP contribution in [0.15, 0.2) is 9.98 Å². The van der Waals surface area contributed by atoms with Crippen LogP contribution in [0.25, 0.3) is 0 Å². The van der Waals surface area contributed by atoms with Gasteiger partial charge in [0.05, 0.1) is 12.1 Å². The molecule has 0 aromatic heterocycles. The fourth-order valence-electron chi connectivity index (χ4n) is 7.11. The van der Waals surface area contributed by atoms with Gasteiger partial charge in [0.15, 0.2) is 0 Å². The second kappa shape index (κ2) is 5.67. The average molecular weight is 343 g/mol. The first-order valence-electron chi connectivity index (χ1n) is 10.7. The Labute approximate surface area is 155 Å². The maximum absolute atomic E-state index is 5.10. The Morgan fingerprint density at radius 1 is 0.800 bits per heavy atom. The van der Waals surface area contributed by atoms with E-state index in [4.69, 9.17) is 9.98 Å². The molecule has 25 heavy (non-hydrogen) atoms. The van der Waals surface area contributed by atoms with Gasteiger partial charge in [-0.15, -0.1) is 0 Å². The lowest BCUT2D eigenvalue weighted by Crippen LogP contribution is -2.56. The Hall–Kier alpha value is -0.660. The predicted molar refractivity (Wildman–Crippen MR) is 107 cm³/mol. The molecule has 0 aromatic rings. The van der Waals surface area contributed by atoms with Gasteiger partial charge >= 0.3 is 0 Å². The van der Waals surface area contributed by atoms with E-state index in [1.54, 1.807) is 0 Å². The van der Waals surface area contributed by atoms with Crippen molar-refractivity contribution in [3.8, 4) is 0 Å². The van der Waals surface area contributed by atoms with Crippen LogP contribution in [0.2, 0.25) is 0 Å². The van der Waals surface area contributed by atoms with Gasteiger partial charge in [-0.2, -0.15) is 0 Å². The predicted octanol–water partition coefficient (Wildman–Crippen LogP) is 5.66. The quantitative estimate of drug-likeness (QED) is 0.591. The molecular weight excluding hydrogens is 304 g/mol. The highest BCUT2D eigenvalue weighted by Crippen LogP contribution is 2.62. The highest BCUT2D eigenvalue weighted by atomic mass is 14.9. The molecule has 0 radical (unpaired) electrons. The molecule has 0 amide bonds. The van der Waals surface area contributed by atoms with Crippen molar-refractivity contribution in [3.05, 3.63) is 0 Å². The van der Waals surface area contributed by atoms with Crippen molar-refractivity contribution in [1.82, 2.24) is 0 Å². The number of rotatable bonds is 3. The van der Waals surface area contributed by atoms with E-state index in [1.807, 2.05) is 0 Å². The van der Waals surface area contributed by atoms with Crippen molar-refractivity contribution in [3.63, 3.8) is 0 Å². The second-order valence-corrected chi connectivity index (χ2v) is 11.1. The van der Waals surface area contributed by atoms with Gasteiger partial charge in [0.25, 0.3) is 0 Å². The molecule has 6 fully saturated rings. The van der Waals surface area contributed by atoms with Crippen molar-refractivity contribution >= 4 is 11.9 Å². The molecule has 2 heteroatoms. The first kappa shape index (κ1) is 17.7. The molecule has 140 valence electrons. The van der Waals surface area contributed by atoms with Gasteiger partial charge in [0, 0.05) is 11.9 Å². The third-order valence-corrected chi connectivity index (χ3v) is 9.45. The Kier molecular flexibility index (Phi) is 4.02. The van der Waals surface area contributed by atoms with Crippen molar-refractivity contribution in [2.24, 2.45) is 56.3 Å². The molecule has 6 aliphatic rings. The lowest BCUT2D eigenvalue weighted by atomic mass is 9.45. The van der Waals surface area contributed by atoms with E-state index in [9.17, 15) is 0 Å². The third kappa shape index (κ3) is 2.57. The number of hydrogen-bond acceptors (Lipinski definition) is 2. The molecule has 6 saturated carbocycles. The molecular formula is C23H38N2. The van der Waals surface area contributed by atoms with E-state index >= 15 is 0 Å². The van der Waals surface area contributed by atoms with Gasteiger partial charge in [-0.05, 0) is 78.9 Å². The summed E-state index contributed by atoms with van der Waals surface area (Å²) in [6, 6.07) is 1.05. The lowest BCUT2D eigenvalue weighted by molar-refractivity contribution is -0.108. The molecule has 4 bridgehead atoms. The highest BCUT2D eigenvalue weighted by molar-refractivity contribution is 6.29. The van der Waals surface area contributed by atoms with Crippen molar-refractivity contribution in [2.75, 3.05) is 0 Å². The van der Waals surface area contributed by atoms with E-state index in [-0.39, 0.29) is 0 Å². The summed E-state index contributed by atoms with van der Waals surface area (Å²) >= 11 is 0. The van der Waals surface area contributed by atoms with E-state index < -0.39 is 0 Å². The largest absolute Gasteiger partial charge is 0.288 e. The minimum absolute atomic E-state index is 0.526. The van der Waals surface area contributed by atoms with E-state index in [2.05, 4.69) is 54.7 Å². The summed E-state index contributed by atoms with van der Waals surface area (Å²) in [6.07, 6.45) is 7.55. The zero-order valence-electron chi connectivity index (χ0n) is 17.4. The van der Waals surface area contributed by atoms with Crippen LogP contribution in [-0.2, 0) is 0 Å². The summed E-state index contributed by atoms with van der Waals surface area (Å²) < 4.78 is 0. The number of hydrogen-bond donors (Lipinski definition) is 0. The first-order chi connectivity index (χ1) is 11.6. The van der Waals surface area contributed by atoms with Gasteiger partial charge in [0.1, 0.15) is 0 Å². The highest BCUT2D eigenvalue weighted by Gasteiger charge is 2.57. The van der Waals surface area contributed by atoms with Crippen molar-refractivity contribution < 1.29 is 0 Å². The lowest BCUT2D eigenvalue weighted by Gasteiger charge is -2.61. The Morgan fingerprint density at radius 3 is 1.72 bits per heavy atom. The van der Waals surface area contributed by atoms with Gasteiger partial charge in [-0.3, -0.25) is 9.98 Å². The molecule has 8 unspecified atom stereocenters. The second-order valence-electron chi connectivity index (χ2n) is 11.1. The summed E-state index contributed by atoms with van der Waals surface area (Å²) in [6.45, 7) is 16.9. The van der Waals surface area contributed by atoms with Gasteiger partial charge < -0.3 is 0 Å². The molecule has 8 atom stereocenters. The van der Waals surface area contributed by atoms with Gasteiger partial charge in [0.2, 0.25) is 0 Å². The fourth-order valence-corrected chi connectivity index (χ4v) is 7.11. The molecule has 0 aliphatic heterocycles. The number of aliphatic imine (C=N–C) groups is 2.